The molecule has 1 aromatic heterocycles. The fraction of sp³-hybridized carbons (Fsp3) is 0.583. The Morgan fingerprint density at radius 3 is 3.00 bits per heavy atom. The van der Waals surface area contributed by atoms with Gasteiger partial charge in [0.15, 0.2) is 0 Å². The Balaban J connectivity index is 2.26. The molecule has 0 bridgehead atoms. The molecule has 1 aliphatic heterocycles. The fourth-order valence-corrected chi connectivity index (χ4v) is 2.19. The van der Waals surface area contributed by atoms with Gasteiger partial charge in [0.25, 0.3) is 0 Å². The van der Waals surface area contributed by atoms with Crippen LogP contribution in [0, 0.1) is 0 Å². The third-order valence-electron chi connectivity index (χ3n) is 3.25. The van der Waals surface area contributed by atoms with E-state index in [4.69, 9.17) is 4.74 Å². The summed E-state index contributed by atoms with van der Waals surface area (Å²) < 4.78 is 5.25. The van der Waals surface area contributed by atoms with E-state index in [2.05, 4.69) is 9.97 Å². The molecule has 1 saturated heterocycles. The maximum absolute atomic E-state index is 11.3. The minimum absolute atomic E-state index is 0.0638. The number of hydrogen-bond acceptors (Lipinski definition) is 5. The Bertz CT molecular complexity index is 438. The molecule has 0 radical (unpaired) electrons. The highest BCUT2D eigenvalue weighted by Gasteiger charge is 2.37. The molecule has 2 atom stereocenters. The van der Waals surface area contributed by atoms with Crippen molar-refractivity contribution in [2.24, 2.45) is 0 Å². The van der Waals surface area contributed by atoms with Gasteiger partial charge in [0, 0.05) is 31.8 Å². The number of aliphatic carboxylic acids is 1. The van der Waals surface area contributed by atoms with Crippen molar-refractivity contribution in [3.05, 3.63) is 18.1 Å². The largest absolute Gasteiger partial charge is 0.480 e. The van der Waals surface area contributed by atoms with E-state index in [9.17, 15) is 9.90 Å². The lowest BCUT2D eigenvalue weighted by Crippen LogP contribution is -2.36. The molecule has 1 N–H and O–H groups in total. The zero-order chi connectivity index (χ0) is 13.1. The molecule has 98 valence electrons. The summed E-state index contributed by atoms with van der Waals surface area (Å²) >= 11 is 0. The van der Waals surface area contributed by atoms with Crippen LogP contribution >= 0.6 is 0 Å². The first kappa shape index (κ1) is 12.8. The lowest BCUT2D eigenvalue weighted by Gasteiger charge is -2.22. The fourth-order valence-electron chi connectivity index (χ4n) is 2.19. The summed E-state index contributed by atoms with van der Waals surface area (Å²) in [6.07, 6.45) is 2.70. The van der Waals surface area contributed by atoms with E-state index in [0.29, 0.717) is 18.8 Å². The second-order valence-corrected chi connectivity index (χ2v) is 4.32. The van der Waals surface area contributed by atoms with Crippen molar-refractivity contribution >= 4 is 11.8 Å². The average molecular weight is 251 g/mol. The van der Waals surface area contributed by atoms with Crippen LogP contribution in [0.2, 0.25) is 0 Å². The predicted molar refractivity (Wildman–Crippen MR) is 65.6 cm³/mol. The van der Waals surface area contributed by atoms with Crippen LogP contribution in [0.1, 0.15) is 19.0 Å². The molecular weight excluding hydrogens is 234 g/mol. The van der Waals surface area contributed by atoms with E-state index in [0.717, 1.165) is 12.1 Å². The third-order valence-corrected chi connectivity index (χ3v) is 3.25. The molecule has 0 spiro atoms. The second-order valence-electron chi connectivity index (χ2n) is 4.32. The van der Waals surface area contributed by atoms with E-state index in [-0.39, 0.29) is 6.10 Å². The zero-order valence-corrected chi connectivity index (χ0v) is 10.5. The molecule has 2 unspecified atom stereocenters. The molecule has 0 aromatic carbocycles. The molecule has 0 amide bonds. The Morgan fingerprint density at radius 1 is 1.61 bits per heavy atom. The van der Waals surface area contributed by atoms with Gasteiger partial charge in [-0.05, 0) is 6.42 Å². The topological polar surface area (TPSA) is 75.5 Å². The summed E-state index contributed by atoms with van der Waals surface area (Å²) in [7, 11) is 1.60. The molecule has 1 aromatic rings. The standard InChI is InChI=1S/C12H17N3O3/c1-3-8-4-11(14-7-13-8)15-6-9(18-2)5-10(15)12(16)17/h4,7,9-10H,3,5-6H2,1-2H3,(H,16,17). The predicted octanol–water partition coefficient (Wildman–Crippen LogP) is 0.717. The lowest BCUT2D eigenvalue weighted by atomic mass is 10.2. The molecule has 2 rings (SSSR count). The van der Waals surface area contributed by atoms with Crippen molar-refractivity contribution < 1.29 is 14.6 Å². The van der Waals surface area contributed by atoms with E-state index >= 15 is 0 Å². The number of carboxylic acid groups (broad SMARTS) is 1. The first-order valence-electron chi connectivity index (χ1n) is 5.98. The van der Waals surface area contributed by atoms with E-state index in [1.165, 1.54) is 6.33 Å². The molecule has 2 heterocycles. The van der Waals surface area contributed by atoms with Crippen molar-refractivity contribution in [1.29, 1.82) is 0 Å². The van der Waals surface area contributed by atoms with Crippen LogP contribution in [0.25, 0.3) is 0 Å². The second kappa shape index (κ2) is 5.30. The number of rotatable bonds is 4. The van der Waals surface area contributed by atoms with Crippen LogP contribution in [0.5, 0.6) is 0 Å². The highest BCUT2D eigenvalue weighted by Crippen LogP contribution is 2.25. The number of methoxy groups -OCH3 is 1. The van der Waals surface area contributed by atoms with Gasteiger partial charge in [-0.25, -0.2) is 14.8 Å². The third kappa shape index (κ3) is 2.43. The van der Waals surface area contributed by atoms with Gasteiger partial charge in [0.1, 0.15) is 18.2 Å². The SMILES string of the molecule is CCc1cc(N2CC(OC)CC2C(=O)O)ncn1. The number of carbonyl (C=O) groups is 1. The average Bonchev–Trinajstić information content (AvgIpc) is 2.83. The van der Waals surface area contributed by atoms with Gasteiger partial charge in [0.2, 0.25) is 0 Å². The van der Waals surface area contributed by atoms with Crippen LogP contribution < -0.4 is 4.90 Å². The summed E-state index contributed by atoms with van der Waals surface area (Å²) in [4.78, 5) is 21.3. The lowest BCUT2D eigenvalue weighted by molar-refractivity contribution is -0.138. The maximum Gasteiger partial charge on any atom is 0.326 e. The Hall–Kier alpha value is -1.69. The molecular formula is C12H17N3O3. The number of anilines is 1. The molecule has 0 aliphatic carbocycles. The summed E-state index contributed by atoms with van der Waals surface area (Å²) in [6, 6.07) is 1.27. The van der Waals surface area contributed by atoms with Crippen LogP contribution in [0.3, 0.4) is 0 Å². The Kier molecular flexibility index (Phi) is 3.76. The van der Waals surface area contributed by atoms with Gasteiger partial charge in [-0.15, -0.1) is 0 Å². The first-order chi connectivity index (χ1) is 8.65. The van der Waals surface area contributed by atoms with E-state index < -0.39 is 12.0 Å². The minimum atomic E-state index is -0.841. The summed E-state index contributed by atoms with van der Waals surface area (Å²) in [5, 5.41) is 9.24. The first-order valence-corrected chi connectivity index (χ1v) is 5.98. The van der Waals surface area contributed by atoms with Crippen molar-refractivity contribution in [3.8, 4) is 0 Å². The Labute approximate surface area is 106 Å². The van der Waals surface area contributed by atoms with Crippen molar-refractivity contribution in [2.45, 2.75) is 31.9 Å². The molecule has 6 heteroatoms. The molecule has 6 nitrogen and oxygen atoms in total. The summed E-state index contributed by atoms with van der Waals surface area (Å²) in [5.74, 6) is -0.181. The van der Waals surface area contributed by atoms with Crippen LogP contribution in [0.4, 0.5) is 5.82 Å². The monoisotopic (exact) mass is 251 g/mol. The molecule has 0 saturated carbocycles. The smallest absolute Gasteiger partial charge is 0.326 e. The molecule has 1 aliphatic rings. The normalized spacial score (nSPS) is 23.3. The van der Waals surface area contributed by atoms with Crippen LogP contribution in [0.15, 0.2) is 12.4 Å². The quantitative estimate of drug-likeness (QED) is 0.849. The van der Waals surface area contributed by atoms with Gasteiger partial charge in [0.05, 0.1) is 6.10 Å². The van der Waals surface area contributed by atoms with Gasteiger partial charge >= 0.3 is 5.97 Å². The van der Waals surface area contributed by atoms with Crippen LogP contribution in [-0.2, 0) is 16.0 Å². The maximum atomic E-state index is 11.3. The van der Waals surface area contributed by atoms with Gasteiger partial charge in [-0.1, -0.05) is 6.92 Å². The van der Waals surface area contributed by atoms with E-state index in [1.807, 2.05) is 13.0 Å². The minimum Gasteiger partial charge on any atom is -0.480 e. The number of aryl methyl sites for hydroxylation is 1. The van der Waals surface area contributed by atoms with Crippen molar-refractivity contribution in [2.75, 3.05) is 18.6 Å². The molecule has 18 heavy (non-hydrogen) atoms. The molecule has 1 fully saturated rings. The van der Waals surface area contributed by atoms with E-state index in [1.54, 1.807) is 12.0 Å². The van der Waals surface area contributed by atoms with Gasteiger partial charge < -0.3 is 14.7 Å². The highest BCUT2D eigenvalue weighted by molar-refractivity contribution is 5.78. The van der Waals surface area contributed by atoms with Crippen molar-refractivity contribution in [1.82, 2.24) is 9.97 Å². The number of hydrogen-bond donors (Lipinski definition) is 1. The number of ether oxygens (including phenoxy) is 1. The van der Waals surface area contributed by atoms with Crippen LogP contribution in [-0.4, -0.2) is 46.8 Å². The zero-order valence-electron chi connectivity index (χ0n) is 10.5. The number of aromatic nitrogens is 2. The van der Waals surface area contributed by atoms with Gasteiger partial charge in [-0.2, -0.15) is 0 Å². The van der Waals surface area contributed by atoms with Crippen molar-refractivity contribution in [3.63, 3.8) is 0 Å². The number of nitrogens with zero attached hydrogens (tertiary/aromatic N) is 3. The Morgan fingerprint density at radius 2 is 2.39 bits per heavy atom. The summed E-state index contributed by atoms with van der Waals surface area (Å²) in [6.45, 7) is 2.55. The highest BCUT2D eigenvalue weighted by atomic mass is 16.5. The van der Waals surface area contributed by atoms with Gasteiger partial charge in [-0.3, -0.25) is 0 Å². The summed E-state index contributed by atoms with van der Waals surface area (Å²) in [5.41, 5.74) is 0.907. The number of carboxylic acids is 1.